The number of aliphatic imine (C=N–C) groups is 1. The molecule has 0 radical (unpaired) electrons. The van der Waals surface area contributed by atoms with Crippen LogP contribution in [0.5, 0.6) is 11.5 Å². The Kier molecular flexibility index (Phi) is 7.69. The molecule has 1 aromatic rings. The van der Waals surface area contributed by atoms with Crippen LogP contribution in [0.4, 0.5) is 0 Å². The summed E-state index contributed by atoms with van der Waals surface area (Å²) in [5.74, 6) is 4.77. The van der Waals surface area contributed by atoms with Crippen molar-refractivity contribution in [2.24, 2.45) is 16.6 Å². The van der Waals surface area contributed by atoms with E-state index in [1.165, 1.54) is 0 Å². The maximum absolute atomic E-state index is 5.84. The molecule has 0 fully saturated rings. The molecule has 0 spiro atoms. The number of ether oxygens (including phenoxy) is 2. The van der Waals surface area contributed by atoms with E-state index in [1.807, 2.05) is 18.2 Å². The van der Waals surface area contributed by atoms with Crippen LogP contribution in [0.15, 0.2) is 23.2 Å². The van der Waals surface area contributed by atoms with Gasteiger partial charge in [0.1, 0.15) is 6.61 Å². The number of methoxy groups -OCH3 is 1. The van der Waals surface area contributed by atoms with E-state index in [0.717, 1.165) is 18.5 Å². The first-order valence-electron chi connectivity index (χ1n) is 7.33. The van der Waals surface area contributed by atoms with Crippen LogP contribution < -0.4 is 20.5 Å². The highest BCUT2D eigenvalue weighted by atomic mass is 16.5. The molecule has 0 saturated heterocycles. The van der Waals surface area contributed by atoms with Crippen LogP contribution in [0.2, 0.25) is 0 Å². The highest BCUT2D eigenvalue weighted by Gasteiger charge is 2.05. The predicted molar refractivity (Wildman–Crippen MR) is 90.1 cm³/mol. The summed E-state index contributed by atoms with van der Waals surface area (Å²) < 4.78 is 10.7. The first kappa shape index (κ1) is 17.7. The van der Waals surface area contributed by atoms with Crippen LogP contribution >= 0.6 is 0 Å². The maximum Gasteiger partial charge on any atom is 0.188 e. The predicted octanol–water partition coefficient (Wildman–Crippen LogP) is 2.16. The molecule has 1 rings (SSSR count). The lowest BCUT2D eigenvalue weighted by atomic mass is 10.1. The number of guanidine groups is 1. The van der Waals surface area contributed by atoms with E-state index in [-0.39, 0.29) is 6.61 Å². The number of hydrogen-bond acceptors (Lipinski definition) is 3. The van der Waals surface area contributed by atoms with Gasteiger partial charge < -0.3 is 20.5 Å². The SMILES string of the molecule is C#CCOc1cc(CN=C(N)NCCC(C)C)ccc1OC. The fourth-order valence-electron chi connectivity index (χ4n) is 1.77. The summed E-state index contributed by atoms with van der Waals surface area (Å²) in [6, 6.07) is 5.62. The van der Waals surface area contributed by atoms with Crippen LogP contribution in [0.3, 0.4) is 0 Å². The molecule has 0 unspecified atom stereocenters. The number of benzene rings is 1. The van der Waals surface area contributed by atoms with Crippen LogP contribution in [0.1, 0.15) is 25.8 Å². The average molecular weight is 303 g/mol. The van der Waals surface area contributed by atoms with Gasteiger partial charge in [-0.05, 0) is 30.0 Å². The second-order valence-corrected chi connectivity index (χ2v) is 5.29. The van der Waals surface area contributed by atoms with Crippen molar-refractivity contribution in [2.75, 3.05) is 20.3 Å². The van der Waals surface area contributed by atoms with Gasteiger partial charge in [-0.25, -0.2) is 4.99 Å². The number of nitrogens with two attached hydrogens (primary N) is 1. The Morgan fingerprint density at radius 3 is 2.82 bits per heavy atom. The third kappa shape index (κ3) is 6.40. The van der Waals surface area contributed by atoms with Gasteiger partial charge in [0.25, 0.3) is 0 Å². The number of rotatable bonds is 8. The van der Waals surface area contributed by atoms with E-state index in [0.29, 0.717) is 29.9 Å². The topological polar surface area (TPSA) is 68.9 Å². The third-order valence-electron chi connectivity index (χ3n) is 3.00. The Labute approximate surface area is 132 Å². The summed E-state index contributed by atoms with van der Waals surface area (Å²) in [7, 11) is 1.59. The molecule has 5 heteroatoms. The zero-order valence-electron chi connectivity index (χ0n) is 13.6. The minimum Gasteiger partial charge on any atom is -0.493 e. The van der Waals surface area contributed by atoms with Gasteiger partial charge in [-0.2, -0.15) is 0 Å². The van der Waals surface area contributed by atoms with Crippen LogP contribution in [-0.4, -0.2) is 26.2 Å². The molecule has 0 bridgehead atoms. The second kappa shape index (κ2) is 9.56. The van der Waals surface area contributed by atoms with E-state index < -0.39 is 0 Å². The Balaban J connectivity index is 2.63. The Bertz CT molecular complexity index is 533. The van der Waals surface area contributed by atoms with Crippen molar-refractivity contribution in [1.82, 2.24) is 5.32 Å². The van der Waals surface area contributed by atoms with E-state index in [4.69, 9.17) is 21.6 Å². The van der Waals surface area contributed by atoms with Crippen LogP contribution in [0.25, 0.3) is 0 Å². The molecule has 3 N–H and O–H groups in total. The lowest BCUT2D eigenvalue weighted by Gasteiger charge is -2.10. The molecule has 1 aromatic carbocycles. The average Bonchev–Trinajstić information content (AvgIpc) is 2.50. The molecule has 0 amide bonds. The molecule has 0 atom stereocenters. The standard InChI is InChI=1S/C17H25N3O2/c1-5-10-22-16-11-14(6-7-15(16)21-4)12-20-17(18)19-9-8-13(2)3/h1,6-7,11,13H,8-10,12H2,2-4H3,(H3,18,19,20). The summed E-state index contributed by atoms with van der Waals surface area (Å²) in [6.45, 7) is 5.83. The molecule has 5 nitrogen and oxygen atoms in total. The highest BCUT2D eigenvalue weighted by molar-refractivity contribution is 5.77. The molecule has 0 aromatic heterocycles. The number of hydrogen-bond donors (Lipinski definition) is 2. The van der Waals surface area contributed by atoms with Gasteiger partial charge in [0.05, 0.1) is 13.7 Å². The van der Waals surface area contributed by atoms with Crippen molar-refractivity contribution in [3.05, 3.63) is 23.8 Å². The molecule has 0 aliphatic rings. The number of nitrogens with one attached hydrogen (secondary N) is 1. The molecule has 0 heterocycles. The minimum absolute atomic E-state index is 0.196. The Morgan fingerprint density at radius 2 is 2.18 bits per heavy atom. The third-order valence-corrected chi connectivity index (χ3v) is 3.00. The number of nitrogens with zero attached hydrogens (tertiary/aromatic N) is 1. The van der Waals surface area contributed by atoms with Crippen molar-refractivity contribution in [1.29, 1.82) is 0 Å². The summed E-state index contributed by atoms with van der Waals surface area (Å²) in [5.41, 5.74) is 6.81. The second-order valence-electron chi connectivity index (χ2n) is 5.29. The van der Waals surface area contributed by atoms with E-state index in [2.05, 4.69) is 30.1 Å². The monoisotopic (exact) mass is 303 g/mol. The Hall–Kier alpha value is -2.35. The van der Waals surface area contributed by atoms with Crippen molar-refractivity contribution in [2.45, 2.75) is 26.8 Å². The van der Waals surface area contributed by atoms with Gasteiger partial charge in [0.2, 0.25) is 0 Å². The number of terminal acetylenes is 1. The van der Waals surface area contributed by atoms with E-state index in [1.54, 1.807) is 7.11 Å². The van der Waals surface area contributed by atoms with Gasteiger partial charge in [-0.1, -0.05) is 25.8 Å². The molecule has 0 aliphatic carbocycles. The van der Waals surface area contributed by atoms with Gasteiger partial charge in [-0.15, -0.1) is 6.42 Å². The lowest BCUT2D eigenvalue weighted by molar-refractivity contribution is 0.330. The normalized spacial score (nSPS) is 11.1. The molecule has 0 aliphatic heterocycles. The smallest absolute Gasteiger partial charge is 0.188 e. The zero-order valence-corrected chi connectivity index (χ0v) is 13.6. The summed E-state index contributed by atoms with van der Waals surface area (Å²) in [4.78, 5) is 4.31. The first-order chi connectivity index (χ1) is 10.6. The van der Waals surface area contributed by atoms with Crippen molar-refractivity contribution < 1.29 is 9.47 Å². The fraction of sp³-hybridized carbons (Fsp3) is 0.471. The van der Waals surface area contributed by atoms with Gasteiger partial charge >= 0.3 is 0 Å². The summed E-state index contributed by atoms with van der Waals surface area (Å²) >= 11 is 0. The molecule has 120 valence electrons. The summed E-state index contributed by atoms with van der Waals surface area (Å²) in [6.07, 6.45) is 6.27. The quantitative estimate of drug-likeness (QED) is 0.439. The van der Waals surface area contributed by atoms with Crippen molar-refractivity contribution in [3.8, 4) is 23.8 Å². The fourth-order valence-corrected chi connectivity index (χ4v) is 1.77. The van der Waals surface area contributed by atoms with Crippen LogP contribution in [0, 0.1) is 18.3 Å². The van der Waals surface area contributed by atoms with Crippen molar-refractivity contribution >= 4 is 5.96 Å². The zero-order chi connectivity index (χ0) is 16.4. The summed E-state index contributed by atoms with van der Waals surface area (Å²) in [5, 5.41) is 3.10. The van der Waals surface area contributed by atoms with E-state index in [9.17, 15) is 0 Å². The maximum atomic E-state index is 5.84. The Morgan fingerprint density at radius 1 is 1.41 bits per heavy atom. The van der Waals surface area contributed by atoms with Crippen molar-refractivity contribution in [3.63, 3.8) is 0 Å². The lowest BCUT2D eigenvalue weighted by Crippen LogP contribution is -2.32. The first-order valence-corrected chi connectivity index (χ1v) is 7.33. The molecule has 0 saturated carbocycles. The molecular weight excluding hydrogens is 278 g/mol. The molecule has 22 heavy (non-hydrogen) atoms. The van der Waals surface area contributed by atoms with Gasteiger partial charge in [0.15, 0.2) is 17.5 Å². The van der Waals surface area contributed by atoms with Crippen LogP contribution in [-0.2, 0) is 6.54 Å². The van der Waals surface area contributed by atoms with E-state index >= 15 is 0 Å². The largest absolute Gasteiger partial charge is 0.493 e. The minimum atomic E-state index is 0.196. The van der Waals surface area contributed by atoms with Gasteiger partial charge in [0, 0.05) is 6.54 Å². The molecular formula is C17H25N3O2. The van der Waals surface area contributed by atoms with Gasteiger partial charge in [-0.3, -0.25) is 0 Å². The highest BCUT2D eigenvalue weighted by Crippen LogP contribution is 2.28.